The molecule has 0 amide bonds. The largest absolute Gasteiger partial charge is 0.438 e. The molecule has 2 aromatic carbocycles. The Morgan fingerprint density at radius 1 is 0.784 bits per heavy atom. The van der Waals surface area contributed by atoms with E-state index in [1.165, 1.54) is 5.56 Å². The molecule has 0 spiro atoms. The normalized spacial score (nSPS) is 10.8. The predicted octanol–water partition coefficient (Wildman–Crippen LogP) is 7.39. The molecule has 8 heteroatoms. The Labute approximate surface area is 217 Å². The summed E-state index contributed by atoms with van der Waals surface area (Å²) in [5.41, 5.74) is 4.72. The van der Waals surface area contributed by atoms with Crippen LogP contribution in [0.25, 0.3) is 33.2 Å². The van der Waals surface area contributed by atoms with Crippen molar-refractivity contribution in [3.8, 4) is 34.0 Å². The van der Waals surface area contributed by atoms with Crippen molar-refractivity contribution in [3.05, 3.63) is 102 Å². The molecule has 2 N–H and O–H groups in total. The number of fused-ring (bicyclic) bond motifs is 1. The molecule has 0 saturated carbocycles. The zero-order chi connectivity index (χ0) is 25.0. The van der Waals surface area contributed by atoms with E-state index in [2.05, 4.69) is 60.6 Å². The molecular weight excluding hydrogens is 480 g/mol. The van der Waals surface area contributed by atoms with Gasteiger partial charge >= 0.3 is 0 Å². The van der Waals surface area contributed by atoms with E-state index in [4.69, 9.17) is 9.72 Å². The highest BCUT2D eigenvalue weighted by Gasteiger charge is 2.12. The lowest BCUT2D eigenvalue weighted by atomic mass is 10.0. The molecule has 0 aliphatic rings. The van der Waals surface area contributed by atoms with E-state index in [0.29, 0.717) is 17.6 Å². The minimum absolute atomic E-state index is 0.473. The zero-order valence-corrected chi connectivity index (χ0v) is 20.7. The van der Waals surface area contributed by atoms with Crippen molar-refractivity contribution in [2.75, 3.05) is 17.7 Å². The number of hydrogen-bond acceptors (Lipinski definition) is 8. The first kappa shape index (κ1) is 22.6. The molecule has 0 atom stereocenters. The van der Waals surface area contributed by atoms with Crippen LogP contribution < -0.4 is 15.4 Å². The Bertz CT molecular complexity index is 1670. The molecular formula is C29H22N6OS. The number of thiophene rings is 1. The second kappa shape index (κ2) is 10.0. The van der Waals surface area contributed by atoms with Crippen molar-refractivity contribution >= 4 is 39.6 Å². The SMILES string of the molecule is CNc1nccc(-c2cccnc2Oc2ccc(Nc3ncc(-c4ccsc4)c4ccccc34)cc2)n1. The number of rotatable bonds is 7. The van der Waals surface area contributed by atoms with Crippen LogP contribution in [0.4, 0.5) is 17.5 Å². The monoisotopic (exact) mass is 502 g/mol. The average Bonchev–Trinajstić information content (AvgIpc) is 3.49. The van der Waals surface area contributed by atoms with Gasteiger partial charge in [-0.15, -0.1) is 0 Å². The highest BCUT2D eigenvalue weighted by atomic mass is 32.1. The highest BCUT2D eigenvalue weighted by molar-refractivity contribution is 7.08. The molecule has 0 saturated heterocycles. The summed E-state index contributed by atoms with van der Waals surface area (Å²) in [7, 11) is 1.78. The second-order valence-electron chi connectivity index (χ2n) is 8.20. The third kappa shape index (κ3) is 4.70. The highest BCUT2D eigenvalue weighted by Crippen LogP contribution is 2.35. The third-order valence-corrected chi connectivity index (χ3v) is 6.57. The topological polar surface area (TPSA) is 84.9 Å². The van der Waals surface area contributed by atoms with Gasteiger partial charge in [0.25, 0.3) is 0 Å². The Kier molecular flexibility index (Phi) is 6.14. The maximum absolute atomic E-state index is 6.14. The van der Waals surface area contributed by atoms with Gasteiger partial charge in [-0.3, -0.25) is 0 Å². The summed E-state index contributed by atoms with van der Waals surface area (Å²) in [5, 5.41) is 12.9. The number of nitrogens with zero attached hydrogens (tertiary/aromatic N) is 4. The lowest BCUT2D eigenvalue weighted by molar-refractivity contribution is 0.465. The van der Waals surface area contributed by atoms with Crippen LogP contribution in [0.3, 0.4) is 0 Å². The number of aromatic nitrogens is 4. The van der Waals surface area contributed by atoms with Crippen LogP contribution in [0.2, 0.25) is 0 Å². The van der Waals surface area contributed by atoms with E-state index in [1.807, 2.05) is 54.7 Å². The standard InChI is InChI=1S/C29H22N6OS/c1-30-29-32-15-12-26(35-29)24-7-4-14-31-28(24)36-21-10-8-20(9-11-21)34-27-23-6-3-2-5-22(23)25(17-33-27)19-13-16-37-18-19/h2-18H,1H3,(H,33,34)(H,30,32,35). The minimum Gasteiger partial charge on any atom is -0.438 e. The molecule has 0 radical (unpaired) electrons. The summed E-state index contributed by atoms with van der Waals surface area (Å²) in [5.74, 6) is 2.48. The van der Waals surface area contributed by atoms with Gasteiger partial charge in [-0.25, -0.2) is 19.9 Å². The van der Waals surface area contributed by atoms with Crippen LogP contribution in [0.1, 0.15) is 0 Å². The number of benzene rings is 2. The first-order valence-electron chi connectivity index (χ1n) is 11.7. The van der Waals surface area contributed by atoms with Crippen LogP contribution in [0, 0.1) is 0 Å². The van der Waals surface area contributed by atoms with Crippen molar-refractivity contribution < 1.29 is 4.74 Å². The first-order valence-corrected chi connectivity index (χ1v) is 12.6. The number of hydrogen-bond donors (Lipinski definition) is 2. The smallest absolute Gasteiger partial charge is 0.228 e. The number of nitrogens with one attached hydrogen (secondary N) is 2. The van der Waals surface area contributed by atoms with Gasteiger partial charge in [0.05, 0.1) is 11.3 Å². The third-order valence-electron chi connectivity index (χ3n) is 5.89. The summed E-state index contributed by atoms with van der Waals surface area (Å²) in [4.78, 5) is 17.9. The zero-order valence-electron chi connectivity index (χ0n) is 19.9. The molecule has 6 aromatic rings. The van der Waals surface area contributed by atoms with Crippen molar-refractivity contribution in [2.45, 2.75) is 0 Å². The van der Waals surface area contributed by atoms with Crippen molar-refractivity contribution in [2.24, 2.45) is 0 Å². The van der Waals surface area contributed by atoms with E-state index < -0.39 is 0 Å². The molecule has 0 unspecified atom stereocenters. The van der Waals surface area contributed by atoms with Gasteiger partial charge in [0, 0.05) is 42.3 Å². The number of pyridine rings is 2. The molecule has 180 valence electrons. The Balaban J connectivity index is 1.25. The molecule has 7 nitrogen and oxygen atoms in total. The number of ether oxygens (including phenoxy) is 1. The van der Waals surface area contributed by atoms with Gasteiger partial charge in [-0.05, 0) is 70.2 Å². The van der Waals surface area contributed by atoms with E-state index in [0.717, 1.165) is 39.1 Å². The summed E-state index contributed by atoms with van der Waals surface area (Å²) in [6.45, 7) is 0. The molecule has 6 rings (SSSR count). The fourth-order valence-corrected chi connectivity index (χ4v) is 4.75. The fourth-order valence-electron chi connectivity index (χ4n) is 4.09. The molecule has 0 bridgehead atoms. The van der Waals surface area contributed by atoms with Gasteiger partial charge in [0.1, 0.15) is 11.6 Å². The minimum atomic E-state index is 0.473. The van der Waals surface area contributed by atoms with Crippen LogP contribution in [0.15, 0.2) is 102 Å². The lowest BCUT2D eigenvalue weighted by Gasteiger charge is -2.13. The van der Waals surface area contributed by atoms with E-state index in [-0.39, 0.29) is 0 Å². The summed E-state index contributed by atoms with van der Waals surface area (Å²) < 4.78 is 6.14. The molecule has 4 aromatic heterocycles. The van der Waals surface area contributed by atoms with Crippen LogP contribution in [-0.2, 0) is 0 Å². The maximum atomic E-state index is 6.14. The van der Waals surface area contributed by atoms with Gasteiger partial charge in [-0.1, -0.05) is 24.3 Å². The summed E-state index contributed by atoms with van der Waals surface area (Å²) in [6, 6.07) is 23.8. The van der Waals surface area contributed by atoms with Gasteiger partial charge in [0.15, 0.2) is 0 Å². The van der Waals surface area contributed by atoms with E-state index in [9.17, 15) is 0 Å². The van der Waals surface area contributed by atoms with Crippen LogP contribution in [-0.4, -0.2) is 27.0 Å². The van der Waals surface area contributed by atoms with Crippen molar-refractivity contribution in [1.82, 2.24) is 19.9 Å². The summed E-state index contributed by atoms with van der Waals surface area (Å²) in [6.07, 6.45) is 5.33. The average molecular weight is 503 g/mol. The summed E-state index contributed by atoms with van der Waals surface area (Å²) >= 11 is 1.68. The Morgan fingerprint density at radius 3 is 2.46 bits per heavy atom. The quantitative estimate of drug-likeness (QED) is 0.235. The van der Waals surface area contributed by atoms with Gasteiger partial charge in [-0.2, -0.15) is 11.3 Å². The van der Waals surface area contributed by atoms with Crippen molar-refractivity contribution in [3.63, 3.8) is 0 Å². The van der Waals surface area contributed by atoms with Gasteiger partial charge in [0.2, 0.25) is 11.8 Å². The fraction of sp³-hybridized carbons (Fsp3) is 0.0345. The molecule has 37 heavy (non-hydrogen) atoms. The van der Waals surface area contributed by atoms with Crippen LogP contribution in [0.5, 0.6) is 11.6 Å². The molecule has 0 aliphatic heterocycles. The first-order chi connectivity index (χ1) is 18.3. The molecule has 4 heterocycles. The van der Waals surface area contributed by atoms with Crippen molar-refractivity contribution in [1.29, 1.82) is 0 Å². The van der Waals surface area contributed by atoms with E-state index in [1.54, 1.807) is 30.8 Å². The Hall–Kier alpha value is -4.82. The molecule has 0 fully saturated rings. The maximum Gasteiger partial charge on any atom is 0.228 e. The lowest BCUT2D eigenvalue weighted by Crippen LogP contribution is -1.98. The van der Waals surface area contributed by atoms with Crippen LogP contribution >= 0.6 is 11.3 Å². The van der Waals surface area contributed by atoms with E-state index >= 15 is 0 Å². The predicted molar refractivity (Wildman–Crippen MR) is 150 cm³/mol. The Morgan fingerprint density at radius 2 is 1.65 bits per heavy atom. The second-order valence-corrected chi connectivity index (χ2v) is 8.98. The number of anilines is 3. The molecule has 0 aliphatic carbocycles. The van der Waals surface area contributed by atoms with Gasteiger partial charge < -0.3 is 15.4 Å².